The SMILES string of the molecule is COC(=O)CCNc1cccc(C(=O)Cc2c(C)cc(C(F)(C(F)(F)F)C(F)(F)F)cc2C)c1. The summed E-state index contributed by atoms with van der Waals surface area (Å²) in [7, 11) is 1.25. The smallest absolute Gasteiger partial charge is 0.435 e. The Hall–Kier alpha value is -3.11. The fourth-order valence-electron chi connectivity index (χ4n) is 3.44. The number of ketones is 1. The Labute approximate surface area is 191 Å². The molecule has 186 valence electrons. The van der Waals surface area contributed by atoms with E-state index in [9.17, 15) is 40.3 Å². The number of anilines is 1. The fourth-order valence-corrected chi connectivity index (χ4v) is 3.44. The lowest BCUT2D eigenvalue weighted by molar-refractivity contribution is -0.348. The Morgan fingerprint density at radius 3 is 1.97 bits per heavy atom. The first-order valence-electron chi connectivity index (χ1n) is 9.98. The summed E-state index contributed by atoms with van der Waals surface area (Å²) in [5, 5.41) is 2.94. The van der Waals surface area contributed by atoms with E-state index in [2.05, 4.69) is 10.1 Å². The minimum Gasteiger partial charge on any atom is -0.469 e. The summed E-state index contributed by atoms with van der Waals surface area (Å²) >= 11 is 0. The van der Waals surface area contributed by atoms with Crippen molar-refractivity contribution >= 4 is 17.4 Å². The van der Waals surface area contributed by atoms with Gasteiger partial charge >= 0.3 is 24.0 Å². The van der Waals surface area contributed by atoms with Crippen LogP contribution in [0.4, 0.5) is 36.4 Å². The molecular formula is C23H22F7NO3. The van der Waals surface area contributed by atoms with Crippen LogP contribution in [0.5, 0.6) is 0 Å². The van der Waals surface area contributed by atoms with Crippen LogP contribution in [0, 0.1) is 13.8 Å². The zero-order chi connectivity index (χ0) is 25.9. The number of hydrogen-bond donors (Lipinski definition) is 1. The molecule has 0 aliphatic rings. The van der Waals surface area contributed by atoms with Crippen molar-refractivity contribution in [3.8, 4) is 0 Å². The molecule has 0 amide bonds. The highest BCUT2D eigenvalue weighted by atomic mass is 19.4. The average molecular weight is 493 g/mol. The van der Waals surface area contributed by atoms with Crippen molar-refractivity contribution in [3.05, 3.63) is 64.2 Å². The first-order valence-corrected chi connectivity index (χ1v) is 9.98. The molecule has 0 aromatic heterocycles. The number of methoxy groups -OCH3 is 1. The number of halogens is 7. The molecule has 0 bridgehead atoms. The first kappa shape index (κ1) is 27.1. The van der Waals surface area contributed by atoms with E-state index in [0.29, 0.717) is 17.8 Å². The number of carbonyl (C=O) groups excluding carboxylic acids is 2. The van der Waals surface area contributed by atoms with Crippen LogP contribution in [0.1, 0.15) is 39.0 Å². The van der Waals surface area contributed by atoms with E-state index < -0.39 is 35.3 Å². The van der Waals surface area contributed by atoms with E-state index in [1.165, 1.54) is 33.1 Å². The van der Waals surface area contributed by atoms with Crippen molar-refractivity contribution in [2.75, 3.05) is 19.0 Å². The van der Waals surface area contributed by atoms with Gasteiger partial charge in [0.1, 0.15) is 0 Å². The predicted molar refractivity (Wildman–Crippen MR) is 110 cm³/mol. The standard InChI is InChI=1S/C23H22F7NO3/c1-13-9-16(21(24,22(25,26)27)23(28,29)30)10-14(2)18(13)12-19(32)15-5-4-6-17(11-15)31-8-7-20(33)34-3/h4-6,9-11,31H,7-8,12H2,1-3H3. The van der Waals surface area contributed by atoms with Crippen LogP contribution in [0.3, 0.4) is 0 Å². The summed E-state index contributed by atoms with van der Waals surface area (Å²) in [6.07, 6.45) is -12.7. The predicted octanol–water partition coefficient (Wildman–Crippen LogP) is 5.99. The lowest BCUT2D eigenvalue weighted by Gasteiger charge is -2.31. The van der Waals surface area contributed by atoms with Gasteiger partial charge in [0, 0.05) is 29.8 Å². The van der Waals surface area contributed by atoms with Gasteiger partial charge in [-0.3, -0.25) is 9.59 Å². The Morgan fingerprint density at radius 2 is 1.47 bits per heavy atom. The number of nitrogens with one attached hydrogen (secondary N) is 1. The maximum Gasteiger partial charge on any atom is 0.435 e. The van der Waals surface area contributed by atoms with Crippen LogP contribution in [0.2, 0.25) is 0 Å². The maximum absolute atomic E-state index is 14.4. The molecular weight excluding hydrogens is 471 g/mol. The molecule has 1 N–H and O–H groups in total. The molecule has 0 aliphatic carbocycles. The number of esters is 1. The first-order chi connectivity index (χ1) is 15.6. The molecule has 0 saturated heterocycles. The van der Waals surface area contributed by atoms with Gasteiger partial charge in [-0.05, 0) is 42.7 Å². The highest BCUT2D eigenvalue weighted by Crippen LogP contribution is 2.53. The summed E-state index contributed by atoms with van der Waals surface area (Å²) in [6.45, 7) is 2.68. The van der Waals surface area contributed by atoms with E-state index >= 15 is 0 Å². The second-order valence-corrected chi connectivity index (χ2v) is 7.68. The van der Waals surface area contributed by atoms with Gasteiger partial charge in [0.25, 0.3) is 0 Å². The molecule has 0 radical (unpaired) electrons. The largest absolute Gasteiger partial charge is 0.469 e. The normalized spacial score (nSPS) is 12.4. The van der Waals surface area contributed by atoms with Crippen LogP contribution in [0.25, 0.3) is 0 Å². The van der Waals surface area contributed by atoms with E-state index in [1.54, 1.807) is 12.1 Å². The van der Waals surface area contributed by atoms with Crippen molar-refractivity contribution in [3.63, 3.8) is 0 Å². The molecule has 2 aromatic rings. The molecule has 2 aromatic carbocycles. The number of rotatable bonds is 8. The van der Waals surface area contributed by atoms with E-state index in [0.717, 1.165) is 0 Å². The fraction of sp³-hybridized carbons (Fsp3) is 0.391. The summed E-state index contributed by atoms with van der Waals surface area (Å²) in [6, 6.07) is 7.16. The van der Waals surface area contributed by atoms with Crippen LogP contribution in [-0.2, 0) is 21.6 Å². The minimum absolute atomic E-state index is 0.0776. The molecule has 0 unspecified atom stereocenters. The quantitative estimate of drug-likeness (QED) is 0.279. The van der Waals surface area contributed by atoms with Crippen LogP contribution >= 0.6 is 0 Å². The molecule has 0 fully saturated rings. The molecule has 4 nitrogen and oxygen atoms in total. The van der Waals surface area contributed by atoms with Crippen molar-refractivity contribution in [2.24, 2.45) is 0 Å². The molecule has 34 heavy (non-hydrogen) atoms. The number of carbonyl (C=O) groups is 2. The molecule has 0 heterocycles. The molecule has 11 heteroatoms. The second kappa shape index (κ2) is 10.0. The Bertz CT molecular complexity index is 1020. The number of aryl methyl sites for hydroxylation is 2. The van der Waals surface area contributed by atoms with Gasteiger partial charge in [0.2, 0.25) is 0 Å². The minimum atomic E-state index is -6.22. The lowest BCUT2D eigenvalue weighted by Crippen LogP contribution is -2.50. The molecule has 0 saturated carbocycles. The van der Waals surface area contributed by atoms with E-state index in [-0.39, 0.29) is 41.6 Å². The van der Waals surface area contributed by atoms with Gasteiger partial charge in [0.15, 0.2) is 5.78 Å². The zero-order valence-electron chi connectivity index (χ0n) is 18.5. The third kappa shape index (κ3) is 5.68. The molecule has 0 spiro atoms. The third-order valence-corrected chi connectivity index (χ3v) is 5.28. The van der Waals surface area contributed by atoms with Gasteiger partial charge in [-0.25, -0.2) is 4.39 Å². The highest BCUT2D eigenvalue weighted by Gasteiger charge is 2.73. The second-order valence-electron chi connectivity index (χ2n) is 7.68. The summed E-state index contributed by atoms with van der Waals surface area (Å²) in [5.74, 6) is -0.879. The number of ether oxygens (including phenoxy) is 1. The van der Waals surface area contributed by atoms with Gasteiger partial charge in [0.05, 0.1) is 13.5 Å². The van der Waals surface area contributed by atoms with E-state index in [1.807, 2.05) is 0 Å². The summed E-state index contributed by atoms with van der Waals surface area (Å²) in [4.78, 5) is 23.9. The van der Waals surface area contributed by atoms with Crippen molar-refractivity contribution in [1.82, 2.24) is 0 Å². The number of hydrogen-bond acceptors (Lipinski definition) is 4. The van der Waals surface area contributed by atoms with Gasteiger partial charge in [-0.15, -0.1) is 0 Å². The Morgan fingerprint density at radius 1 is 0.912 bits per heavy atom. The lowest BCUT2D eigenvalue weighted by atomic mass is 9.87. The van der Waals surface area contributed by atoms with Gasteiger partial charge < -0.3 is 10.1 Å². The monoisotopic (exact) mass is 493 g/mol. The number of alkyl halides is 7. The number of benzene rings is 2. The molecule has 2 rings (SSSR count). The van der Waals surface area contributed by atoms with Crippen LogP contribution in [0.15, 0.2) is 36.4 Å². The molecule has 0 aliphatic heterocycles. The highest BCUT2D eigenvalue weighted by molar-refractivity contribution is 5.98. The molecule has 0 atom stereocenters. The van der Waals surface area contributed by atoms with Gasteiger partial charge in [-0.2, -0.15) is 26.3 Å². The van der Waals surface area contributed by atoms with Crippen molar-refractivity contribution < 1.29 is 45.1 Å². The third-order valence-electron chi connectivity index (χ3n) is 5.28. The average Bonchev–Trinajstić information content (AvgIpc) is 2.73. The Kier molecular flexibility index (Phi) is 8.00. The van der Waals surface area contributed by atoms with Crippen molar-refractivity contribution in [2.45, 2.75) is 44.7 Å². The number of Topliss-reactive ketones (excluding diaryl/α,β-unsaturated/α-hetero) is 1. The van der Waals surface area contributed by atoms with Gasteiger partial charge in [-0.1, -0.05) is 24.3 Å². The van der Waals surface area contributed by atoms with Crippen LogP contribution < -0.4 is 5.32 Å². The summed E-state index contributed by atoms with van der Waals surface area (Å²) in [5.41, 5.74) is -6.33. The van der Waals surface area contributed by atoms with E-state index in [4.69, 9.17) is 0 Å². The van der Waals surface area contributed by atoms with Crippen LogP contribution in [-0.4, -0.2) is 37.8 Å². The maximum atomic E-state index is 14.4. The Balaban J connectivity index is 2.30. The summed E-state index contributed by atoms with van der Waals surface area (Å²) < 4.78 is 97.5. The van der Waals surface area contributed by atoms with Crippen molar-refractivity contribution in [1.29, 1.82) is 0 Å². The zero-order valence-corrected chi connectivity index (χ0v) is 18.5. The topological polar surface area (TPSA) is 55.4 Å².